The quantitative estimate of drug-likeness (QED) is 0.740. The minimum Gasteiger partial charge on any atom is -0.396 e. The van der Waals surface area contributed by atoms with Crippen molar-refractivity contribution in [1.82, 2.24) is 5.32 Å². The molecule has 0 radical (unpaired) electrons. The summed E-state index contributed by atoms with van der Waals surface area (Å²) in [5.74, 6) is 0.0386. The average molecular weight is 264 g/mol. The summed E-state index contributed by atoms with van der Waals surface area (Å²) in [7, 11) is 0. The summed E-state index contributed by atoms with van der Waals surface area (Å²) in [5, 5.41) is 14.8. The van der Waals surface area contributed by atoms with Crippen molar-refractivity contribution in [3.05, 3.63) is 29.8 Å². The molecule has 4 heteroatoms. The maximum Gasteiger partial charge on any atom is 0.319 e. The molecule has 0 aliphatic rings. The topological polar surface area (TPSA) is 61.4 Å². The zero-order valence-corrected chi connectivity index (χ0v) is 11.9. The Morgan fingerprint density at radius 2 is 2.00 bits per heavy atom. The zero-order valence-electron chi connectivity index (χ0n) is 11.9. The van der Waals surface area contributed by atoms with Crippen LogP contribution in [0.2, 0.25) is 0 Å². The summed E-state index contributed by atoms with van der Waals surface area (Å²) >= 11 is 0. The third-order valence-electron chi connectivity index (χ3n) is 3.29. The molecule has 0 aliphatic heterocycles. The van der Waals surface area contributed by atoms with E-state index in [0.29, 0.717) is 0 Å². The van der Waals surface area contributed by atoms with E-state index in [-0.39, 0.29) is 24.6 Å². The lowest BCUT2D eigenvalue weighted by Crippen LogP contribution is -2.40. The van der Waals surface area contributed by atoms with E-state index in [1.54, 1.807) is 0 Å². The molecule has 1 aromatic carbocycles. The van der Waals surface area contributed by atoms with Crippen LogP contribution in [-0.2, 0) is 6.42 Å². The number of aliphatic hydroxyl groups is 1. The van der Waals surface area contributed by atoms with Gasteiger partial charge in [-0.3, -0.25) is 0 Å². The van der Waals surface area contributed by atoms with E-state index in [1.165, 1.54) is 0 Å². The van der Waals surface area contributed by atoms with Crippen molar-refractivity contribution >= 4 is 11.7 Å². The maximum atomic E-state index is 11.9. The van der Waals surface area contributed by atoms with Crippen LogP contribution in [0.25, 0.3) is 0 Å². The van der Waals surface area contributed by atoms with Gasteiger partial charge in [0.15, 0.2) is 0 Å². The SMILES string of the molecule is CCCc1ccccc1NC(=O)NC(C)C(C)CO. The summed E-state index contributed by atoms with van der Waals surface area (Å²) in [6.07, 6.45) is 1.98. The summed E-state index contributed by atoms with van der Waals surface area (Å²) in [4.78, 5) is 11.9. The molecular weight excluding hydrogens is 240 g/mol. The highest BCUT2D eigenvalue weighted by molar-refractivity contribution is 5.90. The molecule has 0 spiro atoms. The van der Waals surface area contributed by atoms with Crippen LogP contribution >= 0.6 is 0 Å². The number of benzene rings is 1. The molecule has 2 atom stereocenters. The molecule has 106 valence electrons. The standard InChI is InChI=1S/C15H24N2O2/c1-4-7-13-8-5-6-9-14(13)17-15(19)16-12(3)11(2)10-18/h5-6,8-9,11-12,18H,4,7,10H2,1-3H3,(H2,16,17,19). The molecule has 19 heavy (non-hydrogen) atoms. The first-order chi connectivity index (χ1) is 9.08. The molecule has 0 bridgehead atoms. The van der Waals surface area contributed by atoms with Crippen molar-refractivity contribution in [2.45, 2.75) is 39.7 Å². The molecule has 2 unspecified atom stereocenters. The minimum absolute atomic E-state index is 0.0386. The van der Waals surface area contributed by atoms with Gasteiger partial charge in [0.25, 0.3) is 0 Å². The smallest absolute Gasteiger partial charge is 0.319 e. The van der Waals surface area contributed by atoms with Crippen molar-refractivity contribution in [2.75, 3.05) is 11.9 Å². The summed E-state index contributed by atoms with van der Waals surface area (Å²) in [6, 6.07) is 7.53. The van der Waals surface area contributed by atoms with E-state index in [0.717, 1.165) is 24.1 Å². The predicted octanol–water partition coefficient (Wildman–Crippen LogP) is 2.78. The van der Waals surface area contributed by atoms with Crippen LogP contribution in [0.4, 0.5) is 10.5 Å². The van der Waals surface area contributed by atoms with Crippen molar-refractivity contribution in [3.63, 3.8) is 0 Å². The molecular formula is C15H24N2O2. The Balaban J connectivity index is 2.61. The van der Waals surface area contributed by atoms with Crippen LogP contribution in [0, 0.1) is 5.92 Å². The molecule has 0 aromatic heterocycles. The lowest BCUT2D eigenvalue weighted by Gasteiger charge is -2.20. The summed E-state index contributed by atoms with van der Waals surface area (Å²) in [6.45, 7) is 5.96. The zero-order chi connectivity index (χ0) is 14.3. The van der Waals surface area contributed by atoms with E-state index in [1.807, 2.05) is 38.1 Å². The van der Waals surface area contributed by atoms with Crippen LogP contribution in [0.5, 0.6) is 0 Å². The van der Waals surface area contributed by atoms with E-state index in [2.05, 4.69) is 17.6 Å². The maximum absolute atomic E-state index is 11.9. The number of carbonyl (C=O) groups is 1. The Morgan fingerprint density at radius 1 is 1.32 bits per heavy atom. The number of aliphatic hydroxyl groups excluding tert-OH is 1. The Morgan fingerprint density at radius 3 is 2.63 bits per heavy atom. The molecule has 0 saturated heterocycles. The van der Waals surface area contributed by atoms with Gasteiger partial charge in [-0.05, 0) is 30.9 Å². The first kappa shape index (κ1) is 15.5. The number of carbonyl (C=O) groups excluding carboxylic acids is 1. The van der Waals surface area contributed by atoms with Crippen molar-refractivity contribution in [2.24, 2.45) is 5.92 Å². The van der Waals surface area contributed by atoms with Crippen molar-refractivity contribution in [1.29, 1.82) is 0 Å². The fourth-order valence-electron chi connectivity index (χ4n) is 1.80. The third-order valence-corrected chi connectivity index (χ3v) is 3.29. The van der Waals surface area contributed by atoms with Gasteiger partial charge in [0.2, 0.25) is 0 Å². The second-order valence-corrected chi connectivity index (χ2v) is 4.95. The van der Waals surface area contributed by atoms with Gasteiger partial charge in [-0.2, -0.15) is 0 Å². The number of hydrogen-bond donors (Lipinski definition) is 3. The van der Waals surface area contributed by atoms with E-state index in [4.69, 9.17) is 5.11 Å². The number of anilines is 1. The Kier molecular flexibility index (Phi) is 6.36. The molecule has 0 saturated carbocycles. The number of amides is 2. The monoisotopic (exact) mass is 264 g/mol. The largest absolute Gasteiger partial charge is 0.396 e. The number of nitrogens with one attached hydrogen (secondary N) is 2. The first-order valence-corrected chi connectivity index (χ1v) is 6.84. The Bertz CT molecular complexity index is 407. The van der Waals surface area contributed by atoms with Crippen LogP contribution in [0.15, 0.2) is 24.3 Å². The lowest BCUT2D eigenvalue weighted by molar-refractivity contribution is 0.204. The molecule has 2 amide bonds. The highest BCUT2D eigenvalue weighted by Gasteiger charge is 2.14. The van der Waals surface area contributed by atoms with Crippen LogP contribution in [0.1, 0.15) is 32.8 Å². The van der Waals surface area contributed by atoms with Crippen LogP contribution < -0.4 is 10.6 Å². The van der Waals surface area contributed by atoms with Crippen molar-refractivity contribution < 1.29 is 9.90 Å². The lowest BCUT2D eigenvalue weighted by atomic mass is 10.1. The molecule has 4 nitrogen and oxygen atoms in total. The molecule has 0 heterocycles. The van der Waals surface area contributed by atoms with Gasteiger partial charge < -0.3 is 15.7 Å². The van der Waals surface area contributed by atoms with Gasteiger partial charge in [0, 0.05) is 18.3 Å². The second-order valence-electron chi connectivity index (χ2n) is 4.95. The highest BCUT2D eigenvalue weighted by atomic mass is 16.3. The van der Waals surface area contributed by atoms with Crippen molar-refractivity contribution in [3.8, 4) is 0 Å². The van der Waals surface area contributed by atoms with Gasteiger partial charge in [-0.15, -0.1) is 0 Å². The van der Waals surface area contributed by atoms with Gasteiger partial charge in [-0.1, -0.05) is 38.5 Å². The average Bonchev–Trinajstić information content (AvgIpc) is 2.40. The number of urea groups is 1. The molecule has 1 aromatic rings. The van der Waals surface area contributed by atoms with Crippen LogP contribution in [-0.4, -0.2) is 23.8 Å². The van der Waals surface area contributed by atoms with E-state index < -0.39 is 0 Å². The predicted molar refractivity (Wildman–Crippen MR) is 78.3 cm³/mol. The summed E-state index contributed by atoms with van der Waals surface area (Å²) < 4.78 is 0. The van der Waals surface area contributed by atoms with E-state index >= 15 is 0 Å². The van der Waals surface area contributed by atoms with Gasteiger partial charge in [-0.25, -0.2) is 4.79 Å². The minimum atomic E-state index is -0.226. The number of hydrogen-bond acceptors (Lipinski definition) is 2. The third kappa shape index (κ3) is 4.91. The number of para-hydroxylation sites is 1. The first-order valence-electron chi connectivity index (χ1n) is 6.84. The molecule has 1 rings (SSSR count). The van der Waals surface area contributed by atoms with Gasteiger partial charge in [0.05, 0.1) is 0 Å². The Labute approximate surface area is 115 Å². The van der Waals surface area contributed by atoms with Crippen LogP contribution in [0.3, 0.4) is 0 Å². The molecule has 0 aliphatic carbocycles. The highest BCUT2D eigenvalue weighted by Crippen LogP contribution is 2.16. The second kappa shape index (κ2) is 7.79. The fourth-order valence-corrected chi connectivity index (χ4v) is 1.80. The van der Waals surface area contributed by atoms with E-state index in [9.17, 15) is 4.79 Å². The Hall–Kier alpha value is -1.55. The number of rotatable bonds is 6. The molecule has 0 fully saturated rings. The fraction of sp³-hybridized carbons (Fsp3) is 0.533. The summed E-state index contributed by atoms with van der Waals surface area (Å²) in [5.41, 5.74) is 1.99. The van der Waals surface area contributed by atoms with Gasteiger partial charge in [0.1, 0.15) is 0 Å². The normalized spacial score (nSPS) is 13.7. The molecule has 3 N–H and O–H groups in total. The number of aryl methyl sites for hydroxylation is 1. The van der Waals surface area contributed by atoms with Gasteiger partial charge >= 0.3 is 6.03 Å².